The van der Waals surface area contributed by atoms with E-state index in [2.05, 4.69) is 15.1 Å². The molecule has 0 spiro atoms. The Labute approximate surface area is 239 Å². The fourth-order valence-corrected chi connectivity index (χ4v) is 4.87. The molecule has 2 saturated heterocycles. The Hall–Kier alpha value is -4.54. The van der Waals surface area contributed by atoms with Crippen LogP contribution in [0.4, 0.5) is 10.5 Å². The molecule has 2 heterocycles. The number of carbonyl (C=O) groups is 3. The Morgan fingerprint density at radius 1 is 0.854 bits per heavy atom. The lowest BCUT2D eigenvalue weighted by Gasteiger charge is -2.34. The second-order valence-electron chi connectivity index (χ2n) is 10.1. The molecule has 2 amide bonds. The fraction of sp³-hybridized carbons (Fsp3) is 0.290. The number of esters is 1. The third-order valence-electron chi connectivity index (χ3n) is 7.14. The van der Waals surface area contributed by atoms with Crippen molar-refractivity contribution in [3.05, 3.63) is 102 Å². The molecule has 2 N–H and O–H groups in total. The average molecular weight is 556 g/mol. The molecule has 41 heavy (non-hydrogen) atoms. The summed E-state index contributed by atoms with van der Waals surface area (Å²) in [6.45, 7) is 4.58. The first kappa shape index (κ1) is 28.0. The molecule has 10 heteroatoms. The number of anilines is 1. The van der Waals surface area contributed by atoms with E-state index in [4.69, 9.17) is 14.9 Å². The SMILES string of the molecule is N=C(NC(=O)c1ccccc1)c1ccc(N2CC(CN3CCN(CC(=O)OCc4ccccc4)CC3)OC2=O)cc1. The van der Waals surface area contributed by atoms with Crippen LogP contribution in [0, 0.1) is 5.41 Å². The number of benzene rings is 3. The molecule has 2 fully saturated rings. The predicted molar refractivity (Wildman–Crippen MR) is 154 cm³/mol. The number of carbonyl (C=O) groups excluding carboxylic acids is 3. The highest BCUT2D eigenvalue weighted by Gasteiger charge is 2.34. The molecule has 10 nitrogen and oxygen atoms in total. The van der Waals surface area contributed by atoms with E-state index in [1.54, 1.807) is 53.4 Å². The number of rotatable bonds is 9. The number of nitrogens with one attached hydrogen (secondary N) is 2. The van der Waals surface area contributed by atoms with E-state index >= 15 is 0 Å². The predicted octanol–water partition coefficient (Wildman–Crippen LogP) is 3.13. The third kappa shape index (κ3) is 7.56. The molecule has 0 radical (unpaired) electrons. The van der Waals surface area contributed by atoms with Crippen LogP contribution in [0.5, 0.6) is 0 Å². The van der Waals surface area contributed by atoms with E-state index < -0.39 is 6.09 Å². The number of cyclic esters (lactones) is 1. The van der Waals surface area contributed by atoms with Crippen LogP contribution in [0.3, 0.4) is 0 Å². The van der Waals surface area contributed by atoms with Gasteiger partial charge in [0.25, 0.3) is 5.91 Å². The lowest BCUT2D eigenvalue weighted by Crippen LogP contribution is -2.50. The molecular weight excluding hydrogens is 522 g/mol. The van der Waals surface area contributed by atoms with Crippen LogP contribution in [0.2, 0.25) is 0 Å². The number of piperazine rings is 1. The van der Waals surface area contributed by atoms with Crippen LogP contribution in [-0.2, 0) is 20.9 Å². The van der Waals surface area contributed by atoms with Gasteiger partial charge in [-0.15, -0.1) is 0 Å². The molecule has 1 unspecified atom stereocenters. The standard InChI is InChI=1S/C31H33N5O5/c32-29(33-30(38)25-9-5-2-6-10-25)24-11-13-26(14-12-24)36-20-27(41-31(36)39)19-34-15-17-35(18-16-34)21-28(37)40-22-23-7-3-1-4-8-23/h1-14,27H,15-22H2,(H2,32,33,38). The summed E-state index contributed by atoms with van der Waals surface area (Å²) in [7, 11) is 0. The molecular formula is C31H33N5O5. The Kier molecular flexibility index (Phi) is 9.02. The van der Waals surface area contributed by atoms with Crippen LogP contribution in [0.1, 0.15) is 21.5 Å². The average Bonchev–Trinajstić information content (AvgIpc) is 3.37. The maximum Gasteiger partial charge on any atom is 0.414 e. The van der Waals surface area contributed by atoms with Gasteiger partial charge in [0.2, 0.25) is 0 Å². The minimum atomic E-state index is -0.407. The maximum absolute atomic E-state index is 12.6. The first-order valence-corrected chi connectivity index (χ1v) is 13.6. The number of ether oxygens (including phenoxy) is 2. The van der Waals surface area contributed by atoms with Crippen molar-refractivity contribution in [2.45, 2.75) is 12.7 Å². The first-order chi connectivity index (χ1) is 19.9. The summed E-state index contributed by atoms with van der Waals surface area (Å²) in [6.07, 6.45) is -0.678. The summed E-state index contributed by atoms with van der Waals surface area (Å²) in [6, 6.07) is 25.3. The van der Waals surface area contributed by atoms with Crippen LogP contribution in [-0.4, -0.2) is 85.5 Å². The highest BCUT2D eigenvalue weighted by Crippen LogP contribution is 2.23. The van der Waals surface area contributed by atoms with Crippen molar-refractivity contribution in [1.82, 2.24) is 15.1 Å². The van der Waals surface area contributed by atoms with E-state index in [9.17, 15) is 14.4 Å². The molecule has 0 aliphatic carbocycles. The van der Waals surface area contributed by atoms with E-state index in [0.29, 0.717) is 29.9 Å². The van der Waals surface area contributed by atoms with Crippen molar-refractivity contribution >= 4 is 29.5 Å². The number of amides is 2. The highest BCUT2D eigenvalue weighted by atomic mass is 16.6. The van der Waals surface area contributed by atoms with Gasteiger partial charge in [-0.2, -0.15) is 0 Å². The number of hydrogen-bond acceptors (Lipinski definition) is 8. The van der Waals surface area contributed by atoms with Crippen molar-refractivity contribution in [3.63, 3.8) is 0 Å². The summed E-state index contributed by atoms with van der Waals surface area (Å²) in [4.78, 5) is 43.1. The van der Waals surface area contributed by atoms with Gasteiger partial charge in [-0.1, -0.05) is 48.5 Å². The molecule has 2 aliphatic heterocycles. The van der Waals surface area contributed by atoms with Crippen molar-refractivity contribution in [2.75, 3.05) is 50.7 Å². The molecule has 3 aromatic carbocycles. The summed E-state index contributed by atoms with van der Waals surface area (Å²) >= 11 is 0. The van der Waals surface area contributed by atoms with Crippen LogP contribution in [0.15, 0.2) is 84.9 Å². The van der Waals surface area contributed by atoms with Crippen molar-refractivity contribution in [1.29, 1.82) is 5.41 Å². The lowest BCUT2D eigenvalue weighted by atomic mass is 10.1. The Balaban J connectivity index is 1.05. The van der Waals surface area contributed by atoms with Gasteiger partial charge >= 0.3 is 12.1 Å². The summed E-state index contributed by atoms with van der Waals surface area (Å²) in [5.74, 6) is -0.604. The van der Waals surface area contributed by atoms with Crippen LogP contribution in [0.25, 0.3) is 0 Å². The van der Waals surface area contributed by atoms with Gasteiger partial charge in [-0.05, 0) is 42.0 Å². The van der Waals surface area contributed by atoms with Crippen molar-refractivity contribution in [2.24, 2.45) is 0 Å². The topological polar surface area (TPSA) is 115 Å². The lowest BCUT2D eigenvalue weighted by molar-refractivity contribution is -0.146. The van der Waals surface area contributed by atoms with Gasteiger partial charge in [0.05, 0.1) is 13.1 Å². The van der Waals surface area contributed by atoms with E-state index in [-0.39, 0.29) is 37.0 Å². The van der Waals surface area contributed by atoms with Gasteiger partial charge in [0.1, 0.15) is 18.5 Å². The number of amidine groups is 1. The molecule has 3 aromatic rings. The van der Waals surface area contributed by atoms with E-state index in [1.165, 1.54) is 0 Å². The van der Waals surface area contributed by atoms with Gasteiger partial charge in [0.15, 0.2) is 0 Å². The third-order valence-corrected chi connectivity index (χ3v) is 7.14. The Morgan fingerprint density at radius 2 is 1.49 bits per heavy atom. The molecule has 0 saturated carbocycles. The smallest absolute Gasteiger partial charge is 0.414 e. The molecule has 0 aromatic heterocycles. The molecule has 0 bridgehead atoms. The summed E-state index contributed by atoms with van der Waals surface area (Å²) in [5.41, 5.74) is 2.64. The van der Waals surface area contributed by atoms with Crippen molar-refractivity contribution in [3.8, 4) is 0 Å². The minimum Gasteiger partial charge on any atom is -0.460 e. The molecule has 212 valence electrons. The minimum absolute atomic E-state index is 0.0177. The summed E-state index contributed by atoms with van der Waals surface area (Å²) in [5, 5.41) is 10.8. The molecule has 2 aliphatic rings. The second-order valence-corrected chi connectivity index (χ2v) is 10.1. The monoisotopic (exact) mass is 555 g/mol. The summed E-state index contributed by atoms with van der Waals surface area (Å²) < 4.78 is 11.0. The zero-order valence-corrected chi connectivity index (χ0v) is 22.7. The van der Waals surface area contributed by atoms with E-state index in [0.717, 1.165) is 31.7 Å². The van der Waals surface area contributed by atoms with E-state index in [1.807, 2.05) is 36.4 Å². The zero-order chi connectivity index (χ0) is 28.6. The molecule has 5 rings (SSSR count). The van der Waals surface area contributed by atoms with Gasteiger partial charge < -0.3 is 14.8 Å². The normalized spacial score (nSPS) is 17.6. The Bertz CT molecular complexity index is 1360. The molecule has 1 atom stereocenters. The fourth-order valence-electron chi connectivity index (χ4n) is 4.87. The maximum atomic E-state index is 12.6. The zero-order valence-electron chi connectivity index (χ0n) is 22.7. The number of nitrogens with zero attached hydrogens (tertiary/aromatic N) is 3. The Morgan fingerprint density at radius 3 is 2.17 bits per heavy atom. The number of hydrogen-bond donors (Lipinski definition) is 2. The first-order valence-electron chi connectivity index (χ1n) is 13.6. The largest absolute Gasteiger partial charge is 0.460 e. The van der Waals surface area contributed by atoms with Crippen LogP contribution < -0.4 is 10.2 Å². The van der Waals surface area contributed by atoms with Gasteiger partial charge in [0, 0.05) is 49.5 Å². The quantitative estimate of drug-likeness (QED) is 0.237. The highest BCUT2D eigenvalue weighted by molar-refractivity contribution is 6.11. The van der Waals surface area contributed by atoms with Gasteiger partial charge in [-0.3, -0.25) is 29.7 Å². The second kappa shape index (κ2) is 13.2. The van der Waals surface area contributed by atoms with Crippen LogP contribution >= 0.6 is 0 Å². The van der Waals surface area contributed by atoms with Crippen molar-refractivity contribution < 1.29 is 23.9 Å². The van der Waals surface area contributed by atoms with Gasteiger partial charge in [-0.25, -0.2) is 4.79 Å².